The smallest absolute Gasteiger partial charge is 0.255 e. The zero-order valence-corrected chi connectivity index (χ0v) is 16.3. The van der Waals surface area contributed by atoms with Gasteiger partial charge in [-0.25, -0.2) is 0 Å². The number of anilines is 1. The van der Waals surface area contributed by atoms with Gasteiger partial charge in [0.1, 0.15) is 13.1 Å². The van der Waals surface area contributed by atoms with Gasteiger partial charge in [-0.2, -0.15) is 0 Å². The molecule has 1 saturated heterocycles. The minimum atomic E-state index is -0.206. The number of carbonyl (C=O) groups excluding carboxylic acids is 1. The third-order valence-corrected chi connectivity index (χ3v) is 5.62. The van der Waals surface area contributed by atoms with Crippen molar-refractivity contribution in [3.05, 3.63) is 63.6 Å². The molecule has 1 aliphatic heterocycles. The van der Waals surface area contributed by atoms with Crippen molar-refractivity contribution in [2.75, 3.05) is 45.2 Å². The van der Waals surface area contributed by atoms with Gasteiger partial charge < -0.3 is 14.5 Å². The molecule has 0 unspecified atom stereocenters. The van der Waals surface area contributed by atoms with E-state index in [9.17, 15) is 4.79 Å². The van der Waals surface area contributed by atoms with Crippen molar-refractivity contribution in [3.63, 3.8) is 0 Å². The van der Waals surface area contributed by atoms with Crippen molar-refractivity contribution in [2.24, 2.45) is 0 Å². The molecule has 1 aliphatic rings. The summed E-state index contributed by atoms with van der Waals surface area (Å²) < 4.78 is 6.50. The fraction of sp³-hybridized carbons (Fsp3) is 0.350. The topological polar surface area (TPSA) is 38.3 Å². The standard InChI is InChI=1S/C20H22Cl2N2O2/c1-24(10-12-26-13-11-24)9-8-15-2-5-17(6-3-15)23-20(25)16-4-7-18(21)19(22)14-16/h2-7,14H,8-13H2,1H3/p+1. The van der Waals surface area contributed by atoms with Gasteiger partial charge in [0.15, 0.2) is 0 Å². The van der Waals surface area contributed by atoms with Crippen LogP contribution in [0.1, 0.15) is 15.9 Å². The average molecular weight is 394 g/mol. The van der Waals surface area contributed by atoms with E-state index >= 15 is 0 Å². The van der Waals surface area contributed by atoms with Crippen LogP contribution in [-0.4, -0.2) is 50.3 Å². The molecule has 0 atom stereocenters. The molecular formula is C20H23Cl2N2O2+. The first-order chi connectivity index (χ1) is 12.5. The van der Waals surface area contributed by atoms with Crippen molar-refractivity contribution in [1.82, 2.24) is 0 Å². The van der Waals surface area contributed by atoms with E-state index < -0.39 is 0 Å². The first kappa shape index (κ1) is 19.2. The van der Waals surface area contributed by atoms with Gasteiger partial charge in [-0.1, -0.05) is 35.3 Å². The predicted octanol–water partition coefficient (Wildman–Crippen LogP) is 4.27. The average Bonchev–Trinajstić information content (AvgIpc) is 2.64. The number of likely N-dealkylation sites (N-methyl/N-ethyl adjacent to an activating group) is 1. The summed E-state index contributed by atoms with van der Waals surface area (Å²) in [4.78, 5) is 12.3. The van der Waals surface area contributed by atoms with E-state index in [2.05, 4.69) is 24.5 Å². The van der Waals surface area contributed by atoms with Crippen LogP contribution in [0, 0.1) is 0 Å². The summed E-state index contributed by atoms with van der Waals surface area (Å²) in [5.74, 6) is -0.206. The van der Waals surface area contributed by atoms with E-state index in [1.807, 2.05) is 12.1 Å². The summed E-state index contributed by atoms with van der Waals surface area (Å²) in [5.41, 5.74) is 2.51. The van der Waals surface area contributed by atoms with Crippen LogP contribution in [0.15, 0.2) is 42.5 Å². The van der Waals surface area contributed by atoms with Gasteiger partial charge in [0.05, 0.1) is 36.9 Å². The minimum absolute atomic E-state index is 0.206. The number of benzene rings is 2. The summed E-state index contributed by atoms with van der Waals surface area (Å²) in [6.45, 7) is 4.92. The first-order valence-electron chi connectivity index (χ1n) is 8.72. The quantitative estimate of drug-likeness (QED) is 0.770. The molecule has 1 fully saturated rings. The number of carbonyl (C=O) groups is 1. The molecular weight excluding hydrogens is 371 g/mol. The number of quaternary nitrogens is 1. The van der Waals surface area contributed by atoms with Crippen LogP contribution >= 0.6 is 23.2 Å². The van der Waals surface area contributed by atoms with E-state index in [1.165, 1.54) is 5.56 Å². The normalized spacial score (nSPS) is 16.3. The number of rotatable bonds is 5. The highest BCUT2D eigenvalue weighted by atomic mass is 35.5. The Labute approximate surface area is 164 Å². The number of nitrogens with one attached hydrogen (secondary N) is 1. The van der Waals surface area contributed by atoms with Crippen LogP contribution in [0.3, 0.4) is 0 Å². The molecule has 4 nitrogen and oxygen atoms in total. The lowest BCUT2D eigenvalue weighted by Crippen LogP contribution is -2.52. The number of hydrogen-bond acceptors (Lipinski definition) is 2. The molecule has 0 spiro atoms. The Morgan fingerprint density at radius 2 is 1.77 bits per heavy atom. The summed E-state index contributed by atoms with van der Waals surface area (Å²) in [5, 5.41) is 3.69. The molecule has 0 radical (unpaired) electrons. The van der Waals surface area contributed by atoms with Crippen molar-refractivity contribution in [2.45, 2.75) is 6.42 Å². The van der Waals surface area contributed by atoms with E-state index in [1.54, 1.807) is 18.2 Å². The van der Waals surface area contributed by atoms with Gasteiger partial charge in [-0.05, 0) is 35.9 Å². The van der Waals surface area contributed by atoms with Gasteiger partial charge in [0, 0.05) is 17.7 Å². The molecule has 138 valence electrons. The third kappa shape index (κ3) is 4.98. The van der Waals surface area contributed by atoms with Crippen LogP contribution in [0.4, 0.5) is 5.69 Å². The Morgan fingerprint density at radius 1 is 1.08 bits per heavy atom. The largest absolute Gasteiger partial charge is 0.370 e. The van der Waals surface area contributed by atoms with E-state index in [4.69, 9.17) is 27.9 Å². The molecule has 26 heavy (non-hydrogen) atoms. The summed E-state index contributed by atoms with van der Waals surface area (Å²) in [6, 6.07) is 12.9. The number of nitrogens with zero attached hydrogens (tertiary/aromatic N) is 1. The van der Waals surface area contributed by atoms with Crippen LogP contribution in [0.2, 0.25) is 10.0 Å². The van der Waals surface area contributed by atoms with Crippen molar-refractivity contribution < 1.29 is 14.0 Å². The van der Waals surface area contributed by atoms with Gasteiger partial charge >= 0.3 is 0 Å². The highest BCUT2D eigenvalue weighted by molar-refractivity contribution is 6.42. The lowest BCUT2D eigenvalue weighted by Gasteiger charge is -2.37. The minimum Gasteiger partial charge on any atom is -0.370 e. The SMILES string of the molecule is C[N+]1(CCc2ccc(NC(=O)c3ccc(Cl)c(Cl)c3)cc2)CCOCC1. The maximum absolute atomic E-state index is 12.3. The monoisotopic (exact) mass is 393 g/mol. The highest BCUT2D eigenvalue weighted by Gasteiger charge is 2.24. The Morgan fingerprint density at radius 3 is 2.42 bits per heavy atom. The van der Waals surface area contributed by atoms with Gasteiger partial charge in [0.2, 0.25) is 0 Å². The van der Waals surface area contributed by atoms with E-state index in [0.29, 0.717) is 15.6 Å². The molecule has 3 rings (SSSR count). The molecule has 0 aromatic heterocycles. The van der Waals surface area contributed by atoms with Crippen molar-refractivity contribution in [1.29, 1.82) is 0 Å². The van der Waals surface area contributed by atoms with Crippen LogP contribution < -0.4 is 5.32 Å². The second-order valence-corrected chi connectivity index (χ2v) is 7.75. The Balaban J connectivity index is 1.57. The maximum atomic E-state index is 12.3. The fourth-order valence-electron chi connectivity index (χ4n) is 3.00. The molecule has 1 heterocycles. The molecule has 2 aromatic rings. The Hall–Kier alpha value is -1.59. The number of amides is 1. The number of halogens is 2. The Bertz CT molecular complexity index is 772. The summed E-state index contributed by atoms with van der Waals surface area (Å²) in [7, 11) is 2.29. The molecule has 0 saturated carbocycles. The molecule has 0 bridgehead atoms. The number of hydrogen-bond donors (Lipinski definition) is 1. The van der Waals surface area contributed by atoms with Crippen molar-refractivity contribution >= 4 is 34.8 Å². The number of ether oxygens (including phenoxy) is 1. The zero-order chi connectivity index (χ0) is 18.6. The molecule has 1 amide bonds. The van der Waals surface area contributed by atoms with E-state index in [0.717, 1.165) is 49.4 Å². The van der Waals surface area contributed by atoms with Gasteiger partial charge in [-0.3, -0.25) is 4.79 Å². The Kier molecular flexibility index (Phi) is 6.20. The second kappa shape index (κ2) is 8.40. The zero-order valence-electron chi connectivity index (χ0n) is 14.8. The third-order valence-electron chi connectivity index (χ3n) is 4.88. The number of morpholine rings is 1. The lowest BCUT2D eigenvalue weighted by molar-refractivity contribution is -0.916. The van der Waals surface area contributed by atoms with Gasteiger partial charge in [-0.15, -0.1) is 0 Å². The molecule has 0 aliphatic carbocycles. The van der Waals surface area contributed by atoms with Crippen LogP contribution in [0.5, 0.6) is 0 Å². The lowest BCUT2D eigenvalue weighted by atomic mass is 10.1. The van der Waals surface area contributed by atoms with Crippen molar-refractivity contribution in [3.8, 4) is 0 Å². The second-order valence-electron chi connectivity index (χ2n) is 6.93. The summed E-state index contributed by atoms with van der Waals surface area (Å²) in [6.07, 6.45) is 1.01. The van der Waals surface area contributed by atoms with Crippen LogP contribution in [0.25, 0.3) is 0 Å². The molecule has 6 heteroatoms. The van der Waals surface area contributed by atoms with Crippen LogP contribution in [-0.2, 0) is 11.2 Å². The first-order valence-corrected chi connectivity index (χ1v) is 9.47. The molecule has 1 N–H and O–H groups in total. The summed E-state index contributed by atoms with van der Waals surface area (Å²) >= 11 is 11.9. The van der Waals surface area contributed by atoms with E-state index in [-0.39, 0.29) is 5.91 Å². The predicted molar refractivity (Wildman–Crippen MR) is 106 cm³/mol. The van der Waals surface area contributed by atoms with Gasteiger partial charge in [0.25, 0.3) is 5.91 Å². The molecule has 2 aromatic carbocycles. The highest BCUT2D eigenvalue weighted by Crippen LogP contribution is 2.23. The fourth-order valence-corrected chi connectivity index (χ4v) is 3.30. The maximum Gasteiger partial charge on any atom is 0.255 e.